The van der Waals surface area contributed by atoms with E-state index < -0.39 is 10.0 Å². The maximum absolute atomic E-state index is 12.8. The number of nitrogens with one attached hydrogen (secondary N) is 1. The van der Waals surface area contributed by atoms with E-state index in [0.717, 1.165) is 25.2 Å². The number of aromatic nitrogens is 1. The van der Waals surface area contributed by atoms with E-state index in [-0.39, 0.29) is 17.5 Å². The quantitative estimate of drug-likeness (QED) is 0.649. The van der Waals surface area contributed by atoms with Gasteiger partial charge in [-0.05, 0) is 47.9 Å². The molecule has 0 amide bonds. The highest BCUT2D eigenvalue weighted by atomic mass is 35.5. The van der Waals surface area contributed by atoms with Gasteiger partial charge in [-0.3, -0.25) is 4.90 Å². The minimum atomic E-state index is -3.65. The van der Waals surface area contributed by atoms with Crippen LogP contribution in [-0.4, -0.2) is 31.0 Å². The van der Waals surface area contributed by atoms with Gasteiger partial charge in [0.2, 0.25) is 10.0 Å². The van der Waals surface area contributed by atoms with Crippen LogP contribution < -0.4 is 4.72 Å². The van der Waals surface area contributed by atoms with Crippen LogP contribution in [0, 0.1) is 0 Å². The monoisotopic (exact) mass is 429 g/mol. The Hall–Kier alpha value is -2.12. The van der Waals surface area contributed by atoms with E-state index in [0.29, 0.717) is 5.02 Å². The van der Waals surface area contributed by atoms with Crippen molar-refractivity contribution < 1.29 is 8.42 Å². The van der Waals surface area contributed by atoms with Gasteiger partial charge in [-0.15, -0.1) is 0 Å². The van der Waals surface area contributed by atoms with Gasteiger partial charge in [0.1, 0.15) is 0 Å². The number of benzene rings is 2. The van der Waals surface area contributed by atoms with Gasteiger partial charge in [0, 0.05) is 43.6 Å². The van der Waals surface area contributed by atoms with Gasteiger partial charge < -0.3 is 4.57 Å². The summed E-state index contributed by atoms with van der Waals surface area (Å²) in [7, 11) is -1.66. The molecule has 0 spiro atoms. The van der Waals surface area contributed by atoms with Crippen LogP contribution >= 0.6 is 11.6 Å². The first-order chi connectivity index (χ1) is 13.9. The van der Waals surface area contributed by atoms with E-state index in [4.69, 9.17) is 11.6 Å². The lowest BCUT2D eigenvalue weighted by Gasteiger charge is -2.36. The number of hydrogen-bond donors (Lipinski definition) is 1. The molecule has 4 rings (SSSR count). The summed E-state index contributed by atoms with van der Waals surface area (Å²) in [5.74, 6) is 0. The van der Waals surface area contributed by atoms with E-state index in [1.807, 2.05) is 19.3 Å². The first kappa shape index (κ1) is 20.2. The molecule has 152 valence electrons. The second kappa shape index (κ2) is 8.32. The van der Waals surface area contributed by atoms with Crippen molar-refractivity contribution in [1.82, 2.24) is 14.2 Å². The molecule has 0 saturated heterocycles. The molecule has 1 N–H and O–H groups in total. The largest absolute Gasteiger partial charge is 0.353 e. The molecule has 0 radical (unpaired) electrons. The first-order valence-corrected chi connectivity index (χ1v) is 11.5. The molecule has 1 aliphatic rings. The number of hydrogen-bond acceptors (Lipinski definition) is 3. The van der Waals surface area contributed by atoms with Crippen LogP contribution in [0.2, 0.25) is 5.02 Å². The Labute approximate surface area is 177 Å². The Morgan fingerprint density at radius 1 is 1.07 bits per heavy atom. The average molecular weight is 430 g/mol. The number of sulfonamides is 1. The van der Waals surface area contributed by atoms with E-state index >= 15 is 0 Å². The minimum Gasteiger partial charge on any atom is -0.353 e. The lowest BCUT2D eigenvalue weighted by Crippen LogP contribution is -2.41. The fourth-order valence-corrected chi connectivity index (χ4v) is 5.27. The molecule has 2 aromatic carbocycles. The molecule has 1 unspecified atom stereocenters. The summed E-state index contributed by atoms with van der Waals surface area (Å²) in [6.45, 7) is 1.96. The van der Waals surface area contributed by atoms with Crippen molar-refractivity contribution in [1.29, 1.82) is 0 Å². The molecule has 1 aromatic heterocycles. The van der Waals surface area contributed by atoms with E-state index in [1.54, 1.807) is 18.2 Å². The van der Waals surface area contributed by atoms with Crippen LogP contribution in [0.3, 0.4) is 0 Å². The van der Waals surface area contributed by atoms with E-state index in [9.17, 15) is 8.42 Å². The number of aryl methyl sites for hydroxylation is 1. The van der Waals surface area contributed by atoms with Gasteiger partial charge in [-0.25, -0.2) is 13.1 Å². The third-order valence-corrected chi connectivity index (χ3v) is 7.16. The molecule has 29 heavy (non-hydrogen) atoms. The zero-order valence-electron chi connectivity index (χ0n) is 16.3. The van der Waals surface area contributed by atoms with Gasteiger partial charge in [0.05, 0.1) is 10.9 Å². The molecule has 0 aliphatic carbocycles. The third-order valence-electron chi connectivity index (χ3n) is 5.50. The van der Waals surface area contributed by atoms with Gasteiger partial charge in [-0.2, -0.15) is 0 Å². The molecule has 7 heteroatoms. The highest BCUT2D eigenvalue weighted by Gasteiger charge is 2.28. The molecule has 1 atom stereocenters. The van der Waals surface area contributed by atoms with Gasteiger partial charge in [0.25, 0.3) is 0 Å². The van der Waals surface area contributed by atoms with Crippen molar-refractivity contribution in [2.45, 2.75) is 23.9 Å². The minimum absolute atomic E-state index is 0.0719. The lowest BCUT2D eigenvalue weighted by atomic mass is 9.98. The van der Waals surface area contributed by atoms with Crippen molar-refractivity contribution in [2.75, 3.05) is 13.1 Å². The number of fused-ring (bicyclic) bond motifs is 1. The van der Waals surface area contributed by atoms with Gasteiger partial charge in [0.15, 0.2) is 0 Å². The lowest BCUT2D eigenvalue weighted by molar-refractivity contribution is 0.174. The van der Waals surface area contributed by atoms with Gasteiger partial charge >= 0.3 is 0 Å². The Balaban J connectivity index is 1.58. The van der Waals surface area contributed by atoms with E-state index in [1.165, 1.54) is 17.2 Å². The third kappa shape index (κ3) is 4.41. The van der Waals surface area contributed by atoms with Crippen molar-refractivity contribution in [3.05, 3.63) is 88.7 Å². The molecule has 2 heterocycles. The maximum Gasteiger partial charge on any atom is 0.240 e. The van der Waals surface area contributed by atoms with Gasteiger partial charge in [-0.1, -0.05) is 41.9 Å². The predicted octanol–water partition coefficient (Wildman–Crippen LogP) is 3.76. The molecule has 5 nitrogen and oxygen atoms in total. The van der Waals surface area contributed by atoms with Crippen molar-refractivity contribution in [3.8, 4) is 0 Å². The molecule has 0 fully saturated rings. The zero-order valence-corrected chi connectivity index (χ0v) is 17.8. The Bertz CT molecular complexity index is 1110. The molecule has 3 aromatic rings. The van der Waals surface area contributed by atoms with Crippen molar-refractivity contribution >= 4 is 21.6 Å². The summed E-state index contributed by atoms with van der Waals surface area (Å²) in [6.07, 6.45) is 2.95. The smallest absolute Gasteiger partial charge is 0.240 e. The highest BCUT2D eigenvalue weighted by Crippen LogP contribution is 2.28. The summed E-state index contributed by atoms with van der Waals surface area (Å²) in [4.78, 5) is 2.53. The summed E-state index contributed by atoms with van der Waals surface area (Å²) < 4.78 is 30.5. The Kier molecular flexibility index (Phi) is 5.79. The Morgan fingerprint density at radius 3 is 2.59 bits per heavy atom. The van der Waals surface area contributed by atoms with Crippen LogP contribution in [0.25, 0.3) is 0 Å². The summed E-state index contributed by atoms with van der Waals surface area (Å²) >= 11 is 5.98. The van der Waals surface area contributed by atoms with Crippen molar-refractivity contribution in [2.24, 2.45) is 7.05 Å². The molecular weight excluding hydrogens is 406 g/mol. The van der Waals surface area contributed by atoms with Crippen LogP contribution in [0.5, 0.6) is 0 Å². The zero-order chi connectivity index (χ0) is 20.4. The molecular formula is C22H24ClN3O2S. The fraction of sp³-hybridized carbons (Fsp3) is 0.273. The highest BCUT2D eigenvalue weighted by molar-refractivity contribution is 7.89. The molecule has 1 aliphatic heterocycles. The number of rotatable bonds is 6. The SMILES string of the molecule is Cn1cccc1C(CNS(=O)(=O)c1cccc(Cl)c1)N1CCc2ccccc2C1. The van der Waals surface area contributed by atoms with Crippen molar-refractivity contribution in [3.63, 3.8) is 0 Å². The number of nitrogens with zero attached hydrogens (tertiary/aromatic N) is 2. The van der Waals surface area contributed by atoms with Crippen LogP contribution in [0.1, 0.15) is 22.9 Å². The standard InChI is InChI=1S/C22H24ClN3O2S/c1-25-12-5-10-21(25)22(26-13-11-17-6-2-3-7-18(17)16-26)15-24-29(27,28)20-9-4-8-19(23)14-20/h2-10,12,14,22,24H,11,13,15-16H2,1H3. The fourth-order valence-electron chi connectivity index (χ4n) is 3.93. The summed E-state index contributed by atoms with van der Waals surface area (Å²) in [5, 5.41) is 0.402. The maximum atomic E-state index is 12.8. The first-order valence-electron chi connectivity index (χ1n) is 9.61. The number of halogens is 1. The van der Waals surface area contributed by atoms with Crippen LogP contribution in [0.15, 0.2) is 71.8 Å². The van der Waals surface area contributed by atoms with E-state index in [2.05, 4.69) is 44.5 Å². The second-order valence-electron chi connectivity index (χ2n) is 7.36. The molecule has 0 bridgehead atoms. The topological polar surface area (TPSA) is 54.3 Å². The average Bonchev–Trinajstić information content (AvgIpc) is 3.14. The predicted molar refractivity (Wildman–Crippen MR) is 115 cm³/mol. The summed E-state index contributed by atoms with van der Waals surface area (Å²) in [5.41, 5.74) is 3.75. The summed E-state index contributed by atoms with van der Waals surface area (Å²) in [6, 6.07) is 18.8. The normalized spacial score (nSPS) is 15.8. The molecule has 0 saturated carbocycles. The van der Waals surface area contributed by atoms with Crippen LogP contribution in [-0.2, 0) is 30.0 Å². The second-order valence-corrected chi connectivity index (χ2v) is 9.56. The van der Waals surface area contributed by atoms with Crippen LogP contribution in [0.4, 0.5) is 0 Å². The Morgan fingerprint density at radius 2 is 1.86 bits per heavy atom.